The molecule has 1 saturated carbocycles. The zero-order valence-electron chi connectivity index (χ0n) is 8.24. The molecule has 2 nitrogen and oxygen atoms in total. The molecule has 0 radical (unpaired) electrons. The number of aliphatic hydroxyl groups is 1. The predicted octanol–water partition coefficient (Wildman–Crippen LogP) is 1.96. The van der Waals surface area contributed by atoms with E-state index < -0.39 is 0 Å². The Morgan fingerprint density at radius 3 is 2.38 bits per heavy atom. The van der Waals surface area contributed by atoms with Gasteiger partial charge in [0, 0.05) is 13.2 Å². The first-order valence-corrected chi connectivity index (χ1v) is 5.60. The van der Waals surface area contributed by atoms with E-state index in [2.05, 4.69) is 0 Å². The standard InChI is InChI=1S/C11H20O2/c12-11-2-1-10(8-11)7-9-3-5-13-6-4-9/h9-12H,1-8H2. The second-order valence-electron chi connectivity index (χ2n) is 4.62. The Hall–Kier alpha value is -0.0800. The van der Waals surface area contributed by atoms with Crippen molar-refractivity contribution < 1.29 is 9.84 Å². The van der Waals surface area contributed by atoms with Gasteiger partial charge < -0.3 is 9.84 Å². The van der Waals surface area contributed by atoms with E-state index in [0.717, 1.165) is 37.9 Å². The normalized spacial score (nSPS) is 36.7. The molecule has 0 bridgehead atoms. The molecule has 76 valence electrons. The molecule has 0 spiro atoms. The van der Waals surface area contributed by atoms with Gasteiger partial charge in [0.2, 0.25) is 0 Å². The molecule has 0 aromatic rings. The molecular formula is C11H20O2. The van der Waals surface area contributed by atoms with Gasteiger partial charge in [-0.25, -0.2) is 0 Å². The summed E-state index contributed by atoms with van der Waals surface area (Å²) in [7, 11) is 0. The van der Waals surface area contributed by atoms with E-state index in [0.29, 0.717) is 0 Å². The van der Waals surface area contributed by atoms with Crippen molar-refractivity contribution in [2.75, 3.05) is 13.2 Å². The maximum Gasteiger partial charge on any atom is 0.0543 e. The largest absolute Gasteiger partial charge is 0.393 e. The van der Waals surface area contributed by atoms with Crippen LogP contribution >= 0.6 is 0 Å². The first-order chi connectivity index (χ1) is 6.34. The molecule has 2 atom stereocenters. The van der Waals surface area contributed by atoms with E-state index in [1.54, 1.807) is 0 Å². The van der Waals surface area contributed by atoms with Crippen molar-refractivity contribution in [2.24, 2.45) is 11.8 Å². The fraction of sp³-hybridized carbons (Fsp3) is 1.00. The molecule has 1 aliphatic heterocycles. The molecule has 1 N–H and O–H groups in total. The number of ether oxygens (including phenoxy) is 1. The smallest absolute Gasteiger partial charge is 0.0543 e. The Bertz CT molecular complexity index is 149. The second kappa shape index (κ2) is 4.43. The van der Waals surface area contributed by atoms with Gasteiger partial charge in [-0.05, 0) is 50.4 Å². The molecule has 13 heavy (non-hydrogen) atoms. The molecule has 1 heterocycles. The summed E-state index contributed by atoms with van der Waals surface area (Å²) in [5, 5.41) is 9.40. The van der Waals surface area contributed by atoms with Gasteiger partial charge in [0.05, 0.1) is 6.10 Å². The summed E-state index contributed by atoms with van der Waals surface area (Å²) >= 11 is 0. The molecule has 0 aromatic heterocycles. The maximum atomic E-state index is 9.40. The van der Waals surface area contributed by atoms with E-state index in [9.17, 15) is 5.11 Å². The van der Waals surface area contributed by atoms with Gasteiger partial charge in [0.25, 0.3) is 0 Å². The van der Waals surface area contributed by atoms with Crippen LogP contribution in [0.4, 0.5) is 0 Å². The summed E-state index contributed by atoms with van der Waals surface area (Å²) in [6, 6.07) is 0. The van der Waals surface area contributed by atoms with Crippen LogP contribution in [0.25, 0.3) is 0 Å². The predicted molar refractivity (Wildman–Crippen MR) is 51.5 cm³/mol. The fourth-order valence-corrected chi connectivity index (χ4v) is 2.72. The van der Waals surface area contributed by atoms with Crippen molar-refractivity contribution >= 4 is 0 Å². The maximum absolute atomic E-state index is 9.40. The number of aliphatic hydroxyl groups excluding tert-OH is 1. The molecule has 1 saturated heterocycles. The average molecular weight is 184 g/mol. The molecule has 2 heteroatoms. The Morgan fingerprint density at radius 2 is 1.77 bits per heavy atom. The van der Waals surface area contributed by atoms with Crippen molar-refractivity contribution in [3.63, 3.8) is 0 Å². The van der Waals surface area contributed by atoms with Gasteiger partial charge in [0.15, 0.2) is 0 Å². The van der Waals surface area contributed by atoms with Gasteiger partial charge >= 0.3 is 0 Å². The van der Waals surface area contributed by atoms with E-state index in [4.69, 9.17) is 4.74 Å². The summed E-state index contributed by atoms with van der Waals surface area (Å²) in [4.78, 5) is 0. The van der Waals surface area contributed by atoms with Crippen LogP contribution in [-0.4, -0.2) is 24.4 Å². The van der Waals surface area contributed by atoms with E-state index >= 15 is 0 Å². The molecular weight excluding hydrogens is 164 g/mol. The minimum atomic E-state index is 0.00448. The SMILES string of the molecule is OC1CCC(CC2CCOCC2)C1. The monoisotopic (exact) mass is 184 g/mol. The third kappa shape index (κ3) is 2.68. The average Bonchev–Trinajstić information content (AvgIpc) is 2.53. The molecule has 2 fully saturated rings. The number of hydrogen-bond donors (Lipinski definition) is 1. The lowest BCUT2D eigenvalue weighted by molar-refractivity contribution is 0.0580. The lowest BCUT2D eigenvalue weighted by Crippen LogP contribution is -2.18. The van der Waals surface area contributed by atoms with Gasteiger partial charge in [-0.1, -0.05) is 0 Å². The highest BCUT2D eigenvalue weighted by Crippen LogP contribution is 2.33. The highest BCUT2D eigenvalue weighted by atomic mass is 16.5. The van der Waals surface area contributed by atoms with Crippen molar-refractivity contribution in [3.05, 3.63) is 0 Å². The van der Waals surface area contributed by atoms with Crippen LogP contribution in [0.1, 0.15) is 38.5 Å². The van der Waals surface area contributed by atoms with Crippen molar-refractivity contribution in [3.8, 4) is 0 Å². The number of hydrogen-bond acceptors (Lipinski definition) is 2. The zero-order valence-corrected chi connectivity index (χ0v) is 8.24. The van der Waals surface area contributed by atoms with Crippen LogP contribution in [0, 0.1) is 11.8 Å². The van der Waals surface area contributed by atoms with E-state index in [1.807, 2.05) is 0 Å². The molecule has 2 aliphatic rings. The highest BCUT2D eigenvalue weighted by molar-refractivity contribution is 4.77. The molecule has 2 rings (SSSR count). The molecule has 2 unspecified atom stereocenters. The van der Waals surface area contributed by atoms with Gasteiger partial charge in [-0.2, -0.15) is 0 Å². The van der Waals surface area contributed by atoms with Gasteiger partial charge in [0.1, 0.15) is 0 Å². The quantitative estimate of drug-likeness (QED) is 0.711. The van der Waals surface area contributed by atoms with Gasteiger partial charge in [-0.15, -0.1) is 0 Å². The van der Waals surface area contributed by atoms with Crippen LogP contribution in [0.15, 0.2) is 0 Å². The highest BCUT2D eigenvalue weighted by Gasteiger charge is 2.26. The molecule has 1 aliphatic carbocycles. The Morgan fingerprint density at radius 1 is 1.00 bits per heavy atom. The van der Waals surface area contributed by atoms with Gasteiger partial charge in [-0.3, -0.25) is 0 Å². The zero-order chi connectivity index (χ0) is 9.10. The van der Waals surface area contributed by atoms with Crippen LogP contribution < -0.4 is 0 Å². The van der Waals surface area contributed by atoms with Crippen LogP contribution in [0.2, 0.25) is 0 Å². The summed E-state index contributed by atoms with van der Waals surface area (Å²) in [6.07, 6.45) is 7.16. The molecule has 0 amide bonds. The van der Waals surface area contributed by atoms with E-state index in [1.165, 1.54) is 25.7 Å². The lowest BCUT2D eigenvalue weighted by atomic mass is 9.88. The minimum absolute atomic E-state index is 0.00448. The third-order valence-corrected chi connectivity index (χ3v) is 3.52. The second-order valence-corrected chi connectivity index (χ2v) is 4.62. The number of rotatable bonds is 2. The summed E-state index contributed by atoms with van der Waals surface area (Å²) in [6.45, 7) is 1.92. The summed E-state index contributed by atoms with van der Waals surface area (Å²) in [5.74, 6) is 1.68. The Balaban J connectivity index is 1.71. The summed E-state index contributed by atoms with van der Waals surface area (Å²) < 4.78 is 5.34. The van der Waals surface area contributed by atoms with Crippen LogP contribution in [0.5, 0.6) is 0 Å². The topological polar surface area (TPSA) is 29.5 Å². The van der Waals surface area contributed by atoms with Crippen LogP contribution in [-0.2, 0) is 4.74 Å². The fourth-order valence-electron chi connectivity index (χ4n) is 2.72. The third-order valence-electron chi connectivity index (χ3n) is 3.52. The first-order valence-electron chi connectivity index (χ1n) is 5.60. The lowest BCUT2D eigenvalue weighted by Gasteiger charge is -2.24. The summed E-state index contributed by atoms with van der Waals surface area (Å²) in [5.41, 5.74) is 0. The van der Waals surface area contributed by atoms with Crippen LogP contribution in [0.3, 0.4) is 0 Å². The Kier molecular flexibility index (Phi) is 3.23. The van der Waals surface area contributed by atoms with E-state index in [-0.39, 0.29) is 6.10 Å². The van der Waals surface area contributed by atoms with Crippen molar-refractivity contribution in [1.82, 2.24) is 0 Å². The Labute approximate surface area is 80.3 Å². The first kappa shape index (κ1) is 9.47. The van der Waals surface area contributed by atoms with Crippen molar-refractivity contribution in [1.29, 1.82) is 0 Å². The molecule has 0 aromatic carbocycles. The minimum Gasteiger partial charge on any atom is -0.393 e. The van der Waals surface area contributed by atoms with Crippen molar-refractivity contribution in [2.45, 2.75) is 44.6 Å².